The molecule has 1 N–H and O–H groups in total. The zero-order valence-electron chi connectivity index (χ0n) is 9.02. The summed E-state index contributed by atoms with van der Waals surface area (Å²) in [5.41, 5.74) is 0.750. The number of carboxylic acids is 1. The Balaban J connectivity index is 1.84. The van der Waals surface area contributed by atoms with Gasteiger partial charge in [0.25, 0.3) is 0 Å². The fourth-order valence-corrected chi connectivity index (χ4v) is 3.05. The van der Waals surface area contributed by atoms with E-state index in [2.05, 4.69) is 4.98 Å². The van der Waals surface area contributed by atoms with E-state index in [9.17, 15) is 4.79 Å². The number of nitrogens with zero attached hydrogens (tertiary/aromatic N) is 1. The number of rotatable bonds is 5. The minimum atomic E-state index is -0.795. The van der Waals surface area contributed by atoms with E-state index in [-0.39, 0.29) is 6.42 Å². The number of hydrogen-bond donors (Lipinski definition) is 1. The third kappa shape index (κ3) is 3.27. The van der Waals surface area contributed by atoms with E-state index in [0.29, 0.717) is 11.7 Å². The van der Waals surface area contributed by atoms with Gasteiger partial charge in [-0.2, -0.15) is 11.8 Å². The van der Waals surface area contributed by atoms with Crippen LogP contribution in [0.4, 0.5) is 0 Å². The van der Waals surface area contributed by atoms with Gasteiger partial charge in [0.05, 0.1) is 12.1 Å². The van der Waals surface area contributed by atoms with Crippen LogP contribution in [-0.2, 0) is 17.6 Å². The second-order valence-electron chi connectivity index (χ2n) is 3.97. The summed E-state index contributed by atoms with van der Waals surface area (Å²) in [4.78, 5) is 14.7. The third-order valence-corrected chi connectivity index (χ3v) is 4.02. The SMILES string of the molecule is O=C(O)CCc1coc(CC2CCCS2)n1. The molecule has 0 spiro atoms. The van der Waals surface area contributed by atoms with Crippen LogP contribution in [0.1, 0.15) is 30.8 Å². The van der Waals surface area contributed by atoms with Gasteiger partial charge < -0.3 is 9.52 Å². The molecular formula is C11H15NO3S. The van der Waals surface area contributed by atoms with Crippen LogP contribution in [0.3, 0.4) is 0 Å². The number of hydrogen-bond acceptors (Lipinski definition) is 4. The maximum Gasteiger partial charge on any atom is 0.303 e. The molecular weight excluding hydrogens is 226 g/mol. The molecule has 1 aromatic heterocycles. The fourth-order valence-electron chi connectivity index (χ4n) is 1.79. The highest BCUT2D eigenvalue weighted by Crippen LogP contribution is 2.28. The maximum atomic E-state index is 10.4. The Morgan fingerprint density at radius 1 is 1.69 bits per heavy atom. The molecule has 0 amide bonds. The molecule has 1 atom stereocenters. The molecule has 2 rings (SSSR count). The Bertz CT molecular complexity index is 358. The van der Waals surface area contributed by atoms with Crippen LogP contribution in [0.15, 0.2) is 10.7 Å². The topological polar surface area (TPSA) is 63.3 Å². The van der Waals surface area contributed by atoms with Gasteiger partial charge >= 0.3 is 5.97 Å². The number of carbonyl (C=O) groups is 1. The zero-order chi connectivity index (χ0) is 11.4. The van der Waals surface area contributed by atoms with Crippen LogP contribution in [0.5, 0.6) is 0 Å². The Kier molecular flexibility index (Phi) is 3.88. The predicted octanol–water partition coefficient (Wildman–Crippen LogP) is 2.13. The van der Waals surface area contributed by atoms with Gasteiger partial charge in [-0.25, -0.2) is 4.98 Å². The van der Waals surface area contributed by atoms with Crippen molar-refractivity contribution in [2.75, 3.05) is 5.75 Å². The molecule has 4 nitrogen and oxygen atoms in total. The quantitative estimate of drug-likeness (QED) is 0.855. The first-order valence-electron chi connectivity index (χ1n) is 5.50. The molecule has 1 aromatic rings. The van der Waals surface area contributed by atoms with E-state index in [1.165, 1.54) is 18.6 Å². The Labute approximate surface area is 98.4 Å². The summed E-state index contributed by atoms with van der Waals surface area (Å²) in [5.74, 6) is 1.19. The molecule has 0 saturated carbocycles. The highest BCUT2D eigenvalue weighted by atomic mass is 32.2. The highest BCUT2D eigenvalue weighted by Gasteiger charge is 2.18. The second-order valence-corrected chi connectivity index (χ2v) is 5.37. The van der Waals surface area contributed by atoms with Crippen molar-refractivity contribution in [3.05, 3.63) is 17.8 Å². The highest BCUT2D eigenvalue weighted by molar-refractivity contribution is 8.00. The average Bonchev–Trinajstić information content (AvgIpc) is 2.87. The molecule has 5 heteroatoms. The predicted molar refractivity (Wildman–Crippen MR) is 61.6 cm³/mol. The molecule has 1 unspecified atom stereocenters. The van der Waals surface area contributed by atoms with Crippen LogP contribution in [-0.4, -0.2) is 27.1 Å². The molecule has 0 aromatic carbocycles. The van der Waals surface area contributed by atoms with E-state index in [4.69, 9.17) is 9.52 Å². The Morgan fingerprint density at radius 3 is 3.25 bits per heavy atom. The van der Waals surface area contributed by atoms with Gasteiger partial charge in [-0.3, -0.25) is 4.79 Å². The van der Waals surface area contributed by atoms with Gasteiger partial charge in [0.1, 0.15) is 6.26 Å². The van der Waals surface area contributed by atoms with Crippen molar-refractivity contribution < 1.29 is 14.3 Å². The summed E-state index contributed by atoms with van der Waals surface area (Å²) in [6, 6.07) is 0. The summed E-state index contributed by atoms with van der Waals surface area (Å²) in [6.07, 6.45) is 5.54. The number of aryl methyl sites for hydroxylation is 1. The first-order valence-corrected chi connectivity index (χ1v) is 6.55. The summed E-state index contributed by atoms with van der Waals surface area (Å²) in [5, 5.41) is 9.18. The van der Waals surface area contributed by atoms with Crippen molar-refractivity contribution in [1.29, 1.82) is 0 Å². The van der Waals surface area contributed by atoms with Crippen LogP contribution >= 0.6 is 11.8 Å². The van der Waals surface area contributed by atoms with Crippen LogP contribution in [0.25, 0.3) is 0 Å². The van der Waals surface area contributed by atoms with E-state index < -0.39 is 5.97 Å². The lowest BCUT2D eigenvalue weighted by Crippen LogP contribution is -2.02. The van der Waals surface area contributed by atoms with Crippen molar-refractivity contribution in [3.8, 4) is 0 Å². The minimum Gasteiger partial charge on any atom is -0.481 e. The first kappa shape index (κ1) is 11.5. The fraction of sp³-hybridized carbons (Fsp3) is 0.636. The first-order chi connectivity index (χ1) is 7.74. The van der Waals surface area contributed by atoms with Crippen molar-refractivity contribution in [1.82, 2.24) is 4.98 Å². The lowest BCUT2D eigenvalue weighted by Gasteiger charge is -2.02. The van der Waals surface area contributed by atoms with Gasteiger partial charge in [-0.05, 0) is 18.6 Å². The molecule has 0 radical (unpaired) electrons. The second kappa shape index (κ2) is 5.39. The largest absolute Gasteiger partial charge is 0.481 e. The molecule has 1 aliphatic rings. The van der Waals surface area contributed by atoms with Crippen LogP contribution < -0.4 is 0 Å². The zero-order valence-corrected chi connectivity index (χ0v) is 9.83. The monoisotopic (exact) mass is 241 g/mol. The van der Waals surface area contributed by atoms with Gasteiger partial charge in [-0.15, -0.1) is 0 Å². The van der Waals surface area contributed by atoms with Gasteiger partial charge in [-0.1, -0.05) is 0 Å². The summed E-state index contributed by atoms with van der Waals surface area (Å²) < 4.78 is 5.34. The summed E-state index contributed by atoms with van der Waals surface area (Å²) >= 11 is 1.97. The van der Waals surface area contributed by atoms with Crippen molar-refractivity contribution in [2.45, 2.75) is 37.4 Å². The lowest BCUT2D eigenvalue weighted by atomic mass is 10.2. The van der Waals surface area contributed by atoms with E-state index in [1.54, 1.807) is 6.26 Å². The van der Waals surface area contributed by atoms with Gasteiger partial charge in [0.15, 0.2) is 5.89 Å². The number of thioether (sulfide) groups is 1. The number of carboxylic acid groups (broad SMARTS) is 1. The Hall–Kier alpha value is -0.970. The molecule has 16 heavy (non-hydrogen) atoms. The van der Waals surface area contributed by atoms with Crippen molar-refractivity contribution in [2.24, 2.45) is 0 Å². The number of aromatic nitrogens is 1. The third-order valence-electron chi connectivity index (χ3n) is 2.62. The number of aliphatic carboxylic acids is 1. The standard InChI is InChI=1S/C11H15NO3S/c13-11(14)4-3-8-7-15-10(12-8)6-9-2-1-5-16-9/h7,9H,1-6H2,(H,13,14). The van der Waals surface area contributed by atoms with Gasteiger partial charge in [0.2, 0.25) is 0 Å². The normalized spacial score (nSPS) is 20.1. The van der Waals surface area contributed by atoms with Crippen LogP contribution in [0.2, 0.25) is 0 Å². The molecule has 1 aliphatic heterocycles. The van der Waals surface area contributed by atoms with E-state index in [1.807, 2.05) is 11.8 Å². The summed E-state index contributed by atoms with van der Waals surface area (Å²) in [6.45, 7) is 0. The minimum absolute atomic E-state index is 0.115. The Morgan fingerprint density at radius 2 is 2.56 bits per heavy atom. The van der Waals surface area contributed by atoms with Gasteiger partial charge in [0, 0.05) is 18.1 Å². The maximum absolute atomic E-state index is 10.4. The molecule has 1 fully saturated rings. The molecule has 0 aliphatic carbocycles. The number of oxazole rings is 1. The van der Waals surface area contributed by atoms with Crippen molar-refractivity contribution >= 4 is 17.7 Å². The molecule has 1 saturated heterocycles. The van der Waals surface area contributed by atoms with E-state index in [0.717, 1.165) is 18.0 Å². The van der Waals surface area contributed by atoms with E-state index >= 15 is 0 Å². The molecule has 88 valence electrons. The lowest BCUT2D eigenvalue weighted by molar-refractivity contribution is -0.136. The average molecular weight is 241 g/mol. The molecule has 0 bridgehead atoms. The van der Waals surface area contributed by atoms with Crippen LogP contribution in [0, 0.1) is 0 Å². The van der Waals surface area contributed by atoms with Crippen molar-refractivity contribution in [3.63, 3.8) is 0 Å². The smallest absolute Gasteiger partial charge is 0.303 e. The molecule has 2 heterocycles. The summed E-state index contributed by atoms with van der Waals surface area (Å²) in [7, 11) is 0.